The molecule has 1 aliphatic rings. The van der Waals surface area contributed by atoms with Crippen LogP contribution >= 0.6 is 0 Å². The third-order valence-electron chi connectivity index (χ3n) is 6.27. The van der Waals surface area contributed by atoms with Crippen LogP contribution in [0, 0.1) is 0 Å². The summed E-state index contributed by atoms with van der Waals surface area (Å²) in [7, 11) is 0. The molecule has 0 aliphatic heterocycles. The van der Waals surface area contributed by atoms with Gasteiger partial charge in [0.05, 0.1) is 18.8 Å². The van der Waals surface area contributed by atoms with Crippen LogP contribution in [0.25, 0.3) is 11.1 Å². The fourth-order valence-electron chi connectivity index (χ4n) is 4.55. The number of carbonyl (C=O) groups is 1. The van der Waals surface area contributed by atoms with Gasteiger partial charge in [-0.2, -0.15) is 5.10 Å². The van der Waals surface area contributed by atoms with Crippen LogP contribution in [0.3, 0.4) is 0 Å². The number of benzene rings is 2. The first-order chi connectivity index (χ1) is 16.4. The SMILES string of the molecule is CCOC(=O)Cn1ncc2c1CCCC2N(c1ccc(-c2cccc(C(C)C)c2)cc1)S(=O)[O-]. The smallest absolute Gasteiger partial charge is 0.327 e. The lowest BCUT2D eigenvalue weighted by Gasteiger charge is -2.37. The van der Waals surface area contributed by atoms with Crippen LogP contribution in [0.5, 0.6) is 0 Å². The lowest BCUT2D eigenvalue weighted by atomic mass is 9.92. The average molecular weight is 481 g/mol. The van der Waals surface area contributed by atoms with Crippen molar-refractivity contribution in [2.24, 2.45) is 0 Å². The van der Waals surface area contributed by atoms with E-state index < -0.39 is 11.3 Å². The number of nitrogens with zero attached hydrogens (tertiary/aromatic N) is 3. The van der Waals surface area contributed by atoms with Crippen molar-refractivity contribution in [1.82, 2.24) is 9.78 Å². The Labute approximate surface area is 203 Å². The van der Waals surface area contributed by atoms with E-state index in [2.05, 4.69) is 43.2 Å². The van der Waals surface area contributed by atoms with E-state index >= 15 is 0 Å². The molecule has 1 aliphatic carbocycles. The van der Waals surface area contributed by atoms with Crippen LogP contribution in [-0.4, -0.2) is 31.1 Å². The zero-order chi connectivity index (χ0) is 24.2. The van der Waals surface area contributed by atoms with Gasteiger partial charge < -0.3 is 9.29 Å². The fourth-order valence-corrected chi connectivity index (χ4v) is 5.27. The van der Waals surface area contributed by atoms with Crippen molar-refractivity contribution < 1.29 is 18.3 Å². The number of rotatable bonds is 8. The van der Waals surface area contributed by atoms with Crippen molar-refractivity contribution in [1.29, 1.82) is 0 Å². The highest BCUT2D eigenvalue weighted by molar-refractivity contribution is 7.80. The molecule has 0 bridgehead atoms. The number of aromatic nitrogens is 2. The first-order valence-electron chi connectivity index (χ1n) is 11.7. The van der Waals surface area contributed by atoms with Gasteiger partial charge in [-0.15, -0.1) is 0 Å². The largest absolute Gasteiger partial charge is 0.755 e. The summed E-state index contributed by atoms with van der Waals surface area (Å²) < 4.78 is 32.9. The van der Waals surface area contributed by atoms with Gasteiger partial charge in [0.2, 0.25) is 0 Å². The van der Waals surface area contributed by atoms with Crippen molar-refractivity contribution in [2.75, 3.05) is 10.9 Å². The predicted octanol–water partition coefficient (Wildman–Crippen LogP) is 4.91. The normalized spacial score (nSPS) is 16.2. The van der Waals surface area contributed by atoms with Crippen LogP contribution in [0.4, 0.5) is 5.69 Å². The molecule has 0 N–H and O–H groups in total. The Kier molecular flexibility index (Phi) is 7.48. The molecule has 0 saturated heterocycles. The Bertz CT molecular complexity index is 1170. The minimum Gasteiger partial charge on any atom is -0.755 e. The highest BCUT2D eigenvalue weighted by Gasteiger charge is 2.30. The Balaban J connectivity index is 1.62. The molecule has 2 atom stereocenters. The number of anilines is 1. The first kappa shape index (κ1) is 24.2. The Morgan fingerprint density at radius 2 is 2.00 bits per heavy atom. The summed E-state index contributed by atoms with van der Waals surface area (Å²) in [5, 5.41) is 4.37. The van der Waals surface area contributed by atoms with E-state index in [1.54, 1.807) is 17.8 Å². The van der Waals surface area contributed by atoms with E-state index in [0.717, 1.165) is 35.2 Å². The van der Waals surface area contributed by atoms with Crippen molar-refractivity contribution >= 4 is 22.9 Å². The standard InChI is InChI=1S/C26H31N3O4S/c1-4-33-26(30)17-28-24-9-6-10-25(23(24)16-27-28)29(34(31)32)22-13-11-19(12-14-22)21-8-5-7-20(15-21)18(2)3/h5,7-8,11-16,18,25H,4,6,9-10,17H2,1-3H3,(H,31,32)/p-1. The average Bonchev–Trinajstić information content (AvgIpc) is 3.23. The maximum Gasteiger partial charge on any atom is 0.327 e. The van der Waals surface area contributed by atoms with Crippen LogP contribution < -0.4 is 4.31 Å². The zero-order valence-corrected chi connectivity index (χ0v) is 20.6. The molecule has 1 heterocycles. The number of esters is 1. The monoisotopic (exact) mass is 480 g/mol. The minimum absolute atomic E-state index is 0.0283. The first-order valence-corrected chi connectivity index (χ1v) is 12.7. The highest BCUT2D eigenvalue weighted by atomic mass is 32.2. The molecule has 2 aromatic carbocycles. The number of hydrogen-bond donors (Lipinski definition) is 0. The highest BCUT2D eigenvalue weighted by Crippen LogP contribution is 2.38. The van der Waals surface area contributed by atoms with E-state index in [1.165, 1.54) is 9.87 Å². The summed E-state index contributed by atoms with van der Waals surface area (Å²) in [4.78, 5) is 12.0. The molecule has 0 saturated carbocycles. The van der Waals surface area contributed by atoms with E-state index in [0.29, 0.717) is 24.6 Å². The molecule has 0 fully saturated rings. The molecule has 4 rings (SSSR count). The second-order valence-electron chi connectivity index (χ2n) is 8.79. The van der Waals surface area contributed by atoms with E-state index in [-0.39, 0.29) is 18.6 Å². The number of ether oxygens (including phenoxy) is 1. The van der Waals surface area contributed by atoms with Crippen molar-refractivity contribution in [3.05, 3.63) is 71.5 Å². The third-order valence-corrected chi connectivity index (χ3v) is 7.05. The van der Waals surface area contributed by atoms with E-state index in [4.69, 9.17) is 4.74 Å². The summed E-state index contributed by atoms with van der Waals surface area (Å²) in [6.45, 7) is 6.43. The molecule has 180 valence electrons. The quantitative estimate of drug-likeness (QED) is 0.338. The number of hydrogen-bond acceptors (Lipinski definition) is 5. The summed E-state index contributed by atoms with van der Waals surface area (Å²) >= 11 is -2.47. The van der Waals surface area contributed by atoms with Crippen molar-refractivity contribution in [3.8, 4) is 11.1 Å². The van der Waals surface area contributed by atoms with Crippen LogP contribution in [-0.2, 0) is 33.8 Å². The van der Waals surface area contributed by atoms with Crippen LogP contribution in [0.1, 0.15) is 62.4 Å². The molecular formula is C26H30N3O4S-. The van der Waals surface area contributed by atoms with Gasteiger partial charge in [-0.3, -0.25) is 18.0 Å². The molecular weight excluding hydrogens is 450 g/mol. The summed E-state index contributed by atoms with van der Waals surface area (Å²) in [5.41, 5.74) is 5.74. The molecule has 8 heteroatoms. The van der Waals surface area contributed by atoms with Gasteiger partial charge in [-0.05, 0) is 60.9 Å². The molecule has 0 spiro atoms. The maximum absolute atomic E-state index is 12.4. The summed E-state index contributed by atoms with van der Waals surface area (Å²) in [6.07, 6.45) is 3.92. The molecule has 34 heavy (non-hydrogen) atoms. The lowest BCUT2D eigenvalue weighted by Crippen LogP contribution is -2.33. The Morgan fingerprint density at radius 3 is 2.68 bits per heavy atom. The van der Waals surface area contributed by atoms with E-state index in [1.807, 2.05) is 24.3 Å². The minimum atomic E-state index is -2.47. The topological polar surface area (TPSA) is 87.5 Å². The van der Waals surface area contributed by atoms with Gasteiger partial charge in [0.15, 0.2) is 0 Å². The van der Waals surface area contributed by atoms with Gasteiger partial charge >= 0.3 is 5.97 Å². The number of fused-ring (bicyclic) bond motifs is 1. The second-order valence-corrected chi connectivity index (χ2v) is 9.61. The van der Waals surface area contributed by atoms with Gasteiger partial charge in [0.1, 0.15) is 6.54 Å². The lowest BCUT2D eigenvalue weighted by molar-refractivity contribution is -0.144. The Hall–Kier alpha value is -2.97. The summed E-state index contributed by atoms with van der Waals surface area (Å²) in [5.74, 6) is 0.0831. The third kappa shape index (κ3) is 5.08. The number of carbonyl (C=O) groups excluding carboxylic acids is 1. The molecule has 2 unspecified atom stereocenters. The molecule has 3 aromatic rings. The molecule has 7 nitrogen and oxygen atoms in total. The van der Waals surface area contributed by atoms with Crippen molar-refractivity contribution in [2.45, 2.75) is 58.5 Å². The molecule has 0 amide bonds. The van der Waals surface area contributed by atoms with Gasteiger partial charge in [0, 0.05) is 28.2 Å². The zero-order valence-electron chi connectivity index (χ0n) is 19.8. The second kappa shape index (κ2) is 10.5. The van der Waals surface area contributed by atoms with Crippen molar-refractivity contribution in [3.63, 3.8) is 0 Å². The van der Waals surface area contributed by atoms with Gasteiger partial charge in [-0.25, -0.2) is 0 Å². The maximum atomic E-state index is 12.4. The van der Waals surface area contributed by atoms with Gasteiger partial charge in [-0.1, -0.05) is 50.2 Å². The van der Waals surface area contributed by atoms with Gasteiger partial charge in [0.25, 0.3) is 0 Å². The fraction of sp³-hybridized carbons (Fsp3) is 0.385. The predicted molar refractivity (Wildman–Crippen MR) is 132 cm³/mol. The van der Waals surface area contributed by atoms with E-state index in [9.17, 15) is 13.6 Å². The van der Waals surface area contributed by atoms with Crippen LogP contribution in [0.15, 0.2) is 54.7 Å². The summed E-state index contributed by atoms with van der Waals surface area (Å²) in [6, 6.07) is 15.7. The Morgan fingerprint density at radius 1 is 1.24 bits per heavy atom. The molecule has 1 aromatic heterocycles. The van der Waals surface area contributed by atoms with Crippen LogP contribution in [0.2, 0.25) is 0 Å². The molecule has 0 radical (unpaired) electrons.